The van der Waals surface area contributed by atoms with Crippen molar-refractivity contribution in [3.8, 4) is 0 Å². The molecule has 0 radical (unpaired) electrons. The third kappa shape index (κ3) is 7.58. The van der Waals surface area contributed by atoms with Crippen molar-refractivity contribution < 1.29 is 0 Å². The van der Waals surface area contributed by atoms with Gasteiger partial charge in [-0.1, -0.05) is 75.7 Å². The van der Waals surface area contributed by atoms with Crippen LogP contribution in [0, 0.1) is 23.7 Å². The molecule has 0 atom stereocenters. The highest BCUT2D eigenvalue weighted by molar-refractivity contribution is 4.84. The van der Waals surface area contributed by atoms with Gasteiger partial charge in [-0.25, -0.2) is 0 Å². The largest absolute Gasteiger partial charge is 0.0917 e. The van der Waals surface area contributed by atoms with E-state index in [4.69, 9.17) is 0 Å². The Morgan fingerprint density at radius 2 is 0.875 bits per heavy atom. The summed E-state index contributed by atoms with van der Waals surface area (Å²) in [5, 5.41) is 0. The molecule has 138 valence electrons. The molecule has 0 N–H and O–H groups in total. The van der Waals surface area contributed by atoms with Crippen LogP contribution in [0.5, 0.6) is 0 Å². The number of rotatable bonds is 9. The molecular formula is C24H42. The number of allylic oxidation sites excluding steroid dienone is 4. The first kappa shape index (κ1) is 19.8. The van der Waals surface area contributed by atoms with Gasteiger partial charge < -0.3 is 0 Å². The molecule has 24 heavy (non-hydrogen) atoms. The molecule has 0 nitrogen and oxygen atoms in total. The minimum absolute atomic E-state index is 0.996. The summed E-state index contributed by atoms with van der Waals surface area (Å²) in [6.45, 7) is 4.31. The third-order valence-electron chi connectivity index (χ3n) is 6.82. The van der Waals surface area contributed by atoms with E-state index in [1.165, 1.54) is 89.9 Å². The molecule has 0 heteroatoms. The zero-order chi connectivity index (χ0) is 17.0. The van der Waals surface area contributed by atoms with E-state index in [1.807, 2.05) is 0 Å². The predicted molar refractivity (Wildman–Crippen MR) is 108 cm³/mol. The predicted octanol–water partition coefficient (Wildman–Crippen LogP) is 8.09. The minimum Gasteiger partial charge on any atom is -0.0917 e. The van der Waals surface area contributed by atoms with E-state index < -0.39 is 0 Å². The summed E-state index contributed by atoms with van der Waals surface area (Å²) in [5.41, 5.74) is 0. The van der Waals surface area contributed by atoms with Crippen molar-refractivity contribution in [2.45, 2.75) is 104 Å². The van der Waals surface area contributed by atoms with Gasteiger partial charge in [-0.2, -0.15) is 0 Å². The molecule has 0 saturated heterocycles. The van der Waals surface area contributed by atoms with Crippen LogP contribution in [0.25, 0.3) is 0 Å². The summed E-state index contributed by atoms with van der Waals surface area (Å²) in [5.74, 6) is 4.11. The summed E-state index contributed by atoms with van der Waals surface area (Å²) in [4.78, 5) is 0. The third-order valence-corrected chi connectivity index (χ3v) is 6.82. The van der Waals surface area contributed by atoms with Gasteiger partial charge in [0.25, 0.3) is 0 Å². The molecule has 2 rings (SSSR count). The highest BCUT2D eigenvalue weighted by Gasteiger charge is 2.21. The monoisotopic (exact) mass is 330 g/mol. The van der Waals surface area contributed by atoms with Crippen molar-refractivity contribution in [1.82, 2.24) is 0 Å². The lowest BCUT2D eigenvalue weighted by Crippen LogP contribution is -2.15. The summed E-state index contributed by atoms with van der Waals surface area (Å²) < 4.78 is 0. The molecule has 2 aliphatic rings. The molecule has 2 fully saturated rings. The Morgan fingerprint density at radius 3 is 1.21 bits per heavy atom. The summed E-state index contributed by atoms with van der Waals surface area (Å²) >= 11 is 0. The van der Waals surface area contributed by atoms with Crippen LogP contribution in [0.2, 0.25) is 0 Å². The van der Waals surface area contributed by atoms with Gasteiger partial charge in [0, 0.05) is 0 Å². The van der Waals surface area contributed by atoms with Crippen LogP contribution >= 0.6 is 0 Å². The molecule has 2 saturated carbocycles. The average molecular weight is 331 g/mol. The quantitative estimate of drug-likeness (QED) is 0.296. The van der Waals surface area contributed by atoms with Gasteiger partial charge in [-0.15, -0.1) is 0 Å². The van der Waals surface area contributed by atoms with Gasteiger partial charge in [0.1, 0.15) is 0 Å². The molecule has 0 aliphatic heterocycles. The molecule has 2 aliphatic carbocycles. The lowest BCUT2D eigenvalue weighted by Gasteiger charge is -2.29. The van der Waals surface area contributed by atoms with Crippen LogP contribution in [-0.2, 0) is 0 Å². The molecule has 0 aromatic rings. The lowest BCUT2D eigenvalue weighted by molar-refractivity contribution is 0.243. The van der Waals surface area contributed by atoms with Crippen molar-refractivity contribution >= 4 is 0 Å². The van der Waals surface area contributed by atoms with Gasteiger partial charge in [0.15, 0.2) is 0 Å². The van der Waals surface area contributed by atoms with E-state index in [1.54, 1.807) is 0 Å². The second-order valence-corrected chi connectivity index (χ2v) is 8.67. The summed E-state index contributed by atoms with van der Waals surface area (Å²) in [6, 6.07) is 0. The van der Waals surface area contributed by atoms with Gasteiger partial charge in [-0.05, 0) is 76.0 Å². The van der Waals surface area contributed by atoms with Crippen LogP contribution in [0.3, 0.4) is 0 Å². The summed E-state index contributed by atoms with van der Waals surface area (Å²) in [6.07, 6.45) is 29.9. The van der Waals surface area contributed by atoms with Crippen molar-refractivity contribution in [3.63, 3.8) is 0 Å². The Labute approximate surface area is 152 Å². The lowest BCUT2D eigenvalue weighted by atomic mass is 9.77. The minimum atomic E-state index is 0.996. The number of hydrogen-bond acceptors (Lipinski definition) is 0. The van der Waals surface area contributed by atoms with Crippen molar-refractivity contribution in [3.05, 3.63) is 24.3 Å². The van der Waals surface area contributed by atoms with Crippen molar-refractivity contribution in [2.75, 3.05) is 0 Å². The Kier molecular flexibility index (Phi) is 9.85. The van der Waals surface area contributed by atoms with Crippen LogP contribution in [-0.4, -0.2) is 0 Å². The van der Waals surface area contributed by atoms with E-state index in [9.17, 15) is 0 Å². The van der Waals surface area contributed by atoms with E-state index in [2.05, 4.69) is 38.2 Å². The van der Waals surface area contributed by atoms with Crippen LogP contribution < -0.4 is 0 Å². The first-order chi connectivity index (χ1) is 11.8. The Balaban J connectivity index is 1.47. The number of hydrogen-bond donors (Lipinski definition) is 0. The van der Waals surface area contributed by atoms with E-state index in [0.717, 1.165) is 23.7 Å². The molecule has 0 unspecified atom stereocenters. The maximum Gasteiger partial charge on any atom is -0.0322 e. The van der Waals surface area contributed by atoms with E-state index in [0.29, 0.717) is 0 Å². The maximum atomic E-state index is 2.37. The Hall–Kier alpha value is -0.520. The molecule has 0 heterocycles. The Bertz CT molecular complexity index is 312. The average Bonchev–Trinajstić information content (AvgIpc) is 2.64. The normalized spacial score (nSPS) is 31.9. The van der Waals surface area contributed by atoms with Gasteiger partial charge >= 0.3 is 0 Å². The van der Waals surface area contributed by atoms with E-state index >= 15 is 0 Å². The van der Waals surface area contributed by atoms with Gasteiger partial charge in [0.2, 0.25) is 0 Å². The second-order valence-electron chi connectivity index (χ2n) is 8.67. The van der Waals surface area contributed by atoms with E-state index in [-0.39, 0.29) is 0 Å². The standard InChI is InChI=1S/C24H42/c1-3-5-9-21-13-17-23(18-14-21)11-7-8-12-24-19-15-22(16-20-24)10-6-4-2/h3-6,21-24H,7-20H2,1-2H3/b5-3-,6-4+. The highest BCUT2D eigenvalue weighted by Crippen LogP contribution is 2.36. The zero-order valence-electron chi connectivity index (χ0n) is 16.5. The highest BCUT2D eigenvalue weighted by atomic mass is 14.3. The zero-order valence-corrected chi connectivity index (χ0v) is 16.5. The maximum absolute atomic E-state index is 2.37. The fourth-order valence-electron chi connectivity index (χ4n) is 5.03. The molecule has 0 bridgehead atoms. The van der Waals surface area contributed by atoms with Gasteiger partial charge in [-0.3, -0.25) is 0 Å². The molecule has 0 amide bonds. The molecule has 0 aromatic carbocycles. The second kappa shape index (κ2) is 11.9. The Morgan fingerprint density at radius 1 is 0.542 bits per heavy atom. The van der Waals surface area contributed by atoms with Crippen molar-refractivity contribution in [2.24, 2.45) is 23.7 Å². The first-order valence-corrected chi connectivity index (χ1v) is 11.0. The first-order valence-electron chi connectivity index (χ1n) is 11.0. The summed E-state index contributed by atoms with van der Waals surface area (Å²) in [7, 11) is 0. The van der Waals surface area contributed by atoms with Crippen LogP contribution in [0.4, 0.5) is 0 Å². The molecule has 0 spiro atoms. The van der Waals surface area contributed by atoms with Crippen LogP contribution in [0.15, 0.2) is 24.3 Å². The topological polar surface area (TPSA) is 0 Å². The fraction of sp³-hybridized carbons (Fsp3) is 0.833. The number of unbranched alkanes of at least 4 members (excludes halogenated alkanes) is 1. The van der Waals surface area contributed by atoms with Crippen molar-refractivity contribution in [1.29, 1.82) is 0 Å². The fourth-order valence-corrected chi connectivity index (χ4v) is 5.03. The molecule has 0 aromatic heterocycles. The van der Waals surface area contributed by atoms with Crippen LogP contribution in [0.1, 0.15) is 104 Å². The smallest absolute Gasteiger partial charge is 0.0322 e. The van der Waals surface area contributed by atoms with Gasteiger partial charge in [0.05, 0.1) is 0 Å². The molecular weight excluding hydrogens is 288 g/mol. The SMILES string of the molecule is C/C=C\CC1CCC(CCCCC2CCC(C/C=C/C)CC2)CC1.